The fourth-order valence-electron chi connectivity index (χ4n) is 4.78. The summed E-state index contributed by atoms with van der Waals surface area (Å²) < 4.78 is 31.3. The number of nitrogens with two attached hydrogens (primary N) is 1. The molecule has 0 atom stereocenters. The highest BCUT2D eigenvalue weighted by Gasteiger charge is 2.41. The number of hydrogen-bond acceptors (Lipinski definition) is 7. The van der Waals surface area contributed by atoms with Crippen LogP contribution in [0.2, 0.25) is 0 Å². The van der Waals surface area contributed by atoms with Gasteiger partial charge in [0.25, 0.3) is 0 Å². The van der Waals surface area contributed by atoms with E-state index in [-0.39, 0.29) is 11.3 Å². The van der Waals surface area contributed by atoms with Crippen molar-refractivity contribution >= 4 is 27.3 Å². The lowest BCUT2D eigenvalue weighted by atomic mass is 9.83. The smallest absolute Gasteiger partial charge is 0.408 e. The van der Waals surface area contributed by atoms with Crippen molar-refractivity contribution in [2.45, 2.75) is 38.3 Å². The van der Waals surface area contributed by atoms with Gasteiger partial charge < -0.3 is 15.4 Å². The normalized spacial score (nSPS) is 20.0. The van der Waals surface area contributed by atoms with Gasteiger partial charge in [-0.05, 0) is 49.1 Å². The van der Waals surface area contributed by atoms with Crippen molar-refractivity contribution in [2.75, 3.05) is 13.1 Å². The zero-order valence-electron chi connectivity index (χ0n) is 23.8. The van der Waals surface area contributed by atoms with Crippen LogP contribution in [0.3, 0.4) is 0 Å². The number of carbonyl (C=O) groups excluding carboxylic acids is 1. The largest absolute Gasteiger partial charge is 0.444 e. The monoisotopic (exact) mass is 586 g/mol. The number of benzene rings is 1. The van der Waals surface area contributed by atoms with Gasteiger partial charge >= 0.3 is 6.09 Å². The van der Waals surface area contributed by atoms with Gasteiger partial charge in [0.05, 0.1) is 16.6 Å². The molecule has 42 heavy (non-hydrogen) atoms. The number of sulfonamides is 1. The highest BCUT2D eigenvalue weighted by molar-refractivity contribution is 7.93. The van der Waals surface area contributed by atoms with Gasteiger partial charge in [-0.3, -0.25) is 0 Å². The number of primary sulfonamides is 1. The molecule has 0 saturated carbocycles. The minimum atomic E-state index is -3.86. The molecule has 1 aromatic carbocycles. The van der Waals surface area contributed by atoms with Crippen LogP contribution in [0, 0.1) is 0 Å². The summed E-state index contributed by atoms with van der Waals surface area (Å²) in [5.74, 6) is 0. The molecule has 0 spiro atoms. The molecule has 11 heteroatoms. The maximum atomic E-state index is 12.5. The number of amides is 1. The van der Waals surface area contributed by atoms with E-state index >= 15 is 0 Å². The zero-order chi connectivity index (χ0) is 30.1. The van der Waals surface area contributed by atoms with E-state index in [1.54, 1.807) is 41.2 Å². The number of rotatable bonds is 5. The first-order chi connectivity index (χ1) is 19.8. The fourth-order valence-corrected chi connectivity index (χ4v) is 5.37. The molecule has 2 aliphatic rings. The molecule has 10 nitrogen and oxygen atoms in total. The molecule has 4 N–H and O–H groups in total. The van der Waals surface area contributed by atoms with Gasteiger partial charge in [0.1, 0.15) is 5.60 Å². The van der Waals surface area contributed by atoms with Gasteiger partial charge in [-0.1, -0.05) is 61.2 Å². The number of nitrogens with zero attached hydrogens (tertiary/aromatic N) is 3. The summed E-state index contributed by atoms with van der Waals surface area (Å²) in [5, 5.41) is 16.2. The summed E-state index contributed by atoms with van der Waals surface area (Å²) >= 11 is 0. The van der Waals surface area contributed by atoms with Crippen LogP contribution in [-0.4, -0.2) is 47.8 Å². The lowest BCUT2D eigenvalue weighted by molar-refractivity contribution is 0.0406. The van der Waals surface area contributed by atoms with Crippen LogP contribution < -0.4 is 15.8 Å². The van der Waals surface area contributed by atoms with Crippen molar-refractivity contribution in [1.82, 2.24) is 25.2 Å². The molecule has 1 aliphatic carbocycles. The van der Waals surface area contributed by atoms with Gasteiger partial charge in [0.2, 0.25) is 10.0 Å². The third-order valence-corrected chi connectivity index (χ3v) is 8.06. The standard InChI is InChI=1S/C31H34N6O4S/c1-21-8-6-5-7-9-25(42(32,39)40)14-15-26(21)27-17-35-37-18-23(16-34-28(27)37)22-10-12-24(13-11-22)31(19-33-20-31)36-29(38)41-30(2,3)4/h5-8,10-18,33H,1,9,19-20H2,2-4H3,(H,36,38)(H2,32,39,40)/b7-5-,8-6-,25-14+,26-15?. The molecule has 1 amide bonds. The van der Waals surface area contributed by atoms with Crippen LogP contribution in [0.25, 0.3) is 22.3 Å². The van der Waals surface area contributed by atoms with E-state index < -0.39 is 27.3 Å². The average molecular weight is 587 g/mol. The SMILES string of the molecule is C=C1/C=C\C=C/C/C(S(N)(=O)=O)=C\C=C1c1cnn2cc(-c3ccc(C4(NC(=O)OC(C)(C)C)CNC4)cc3)cnc12. The summed E-state index contributed by atoms with van der Waals surface area (Å²) in [5.41, 5.74) is 4.29. The highest BCUT2D eigenvalue weighted by atomic mass is 32.2. The Morgan fingerprint density at radius 2 is 1.86 bits per heavy atom. The van der Waals surface area contributed by atoms with Crippen molar-refractivity contribution in [3.63, 3.8) is 0 Å². The third-order valence-electron chi connectivity index (χ3n) is 7.02. The number of hydrogen-bond donors (Lipinski definition) is 3. The number of allylic oxidation sites excluding steroid dienone is 9. The molecule has 0 unspecified atom stereocenters. The van der Waals surface area contributed by atoms with E-state index in [9.17, 15) is 13.2 Å². The molecule has 1 saturated heterocycles. The number of fused-ring (bicyclic) bond motifs is 1. The van der Waals surface area contributed by atoms with Crippen molar-refractivity contribution in [3.05, 3.63) is 107 Å². The summed E-state index contributed by atoms with van der Waals surface area (Å²) in [6.45, 7) is 10.9. The topological polar surface area (TPSA) is 141 Å². The minimum Gasteiger partial charge on any atom is -0.444 e. The Morgan fingerprint density at radius 1 is 1.12 bits per heavy atom. The third kappa shape index (κ3) is 6.28. The number of carbonyl (C=O) groups is 1. The Morgan fingerprint density at radius 3 is 2.50 bits per heavy atom. The van der Waals surface area contributed by atoms with Crippen molar-refractivity contribution in [1.29, 1.82) is 0 Å². The van der Waals surface area contributed by atoms with Crippen LogP contribution >= 0.6 is 0 Å². The Balaban J connectivity index is 1.43. The van der Waals surface area contributed by atoms with Crippen molar-refractivity contribution in [3.8, 4) is 11.1 Å². The highest BCUT2D eigenvalue weighted by Crippen LogP contribution is 2.31. The summed E-state index contributed by atoms with van der Waals surface area (Å²) in [7, 11) is -3.86. The average Bonchev–Trinajstić information content (AvgIpc) is 3.31. The number of aromatic nitrogens is 3. The first-order valence-corrected chi connectivity index (χ1v) is 15.0. The molecule has 0 bridgehead atoms. The van der Waals surface area contributed by atoms with Gasteiger partial charge in [0, 0.05) is 43.0 Å². The van der Waals surface area contributed by atoms with E-state index in [2.05, 4.69) is 22.3 Å². The number of alkyl carbamates (subject to hydrolysis) is 1. The van der Waals surface area contributed by atoms with E-state index in [1.807, 2.05) is 57.3 Å². The van der Waals surface area contributed by atoms with Crippen LogP contribution in [0.5, 0.6) is 0 Å². The molecular formula is C31H34N6O4S. The fraction of sp³-hybridized carbons (Fsp3) is 0.258. The van der Waals surface area contributed by atoms with Gasteiger partial charge in [-0.2, -0.15) is 5.10 Å². The second-order valence-corrected chi connectivity index (χ2v) is 12.9. The molecule has 1 fully saturated rings. The summed E-state index contributed by atoms with van der Waals surface area (Å²) in [6.07, 6.45) is 15.4. The lowest BCUT2D eigenvalue weighted by Gasteiger charge is -2.43. The Hall–Kier alpha value is -4.32. The molecule has 218 valence electrons. The van der Waals surface area contributed by atoms with Crippen LogP contribution in [0.1, 0.15) is 38.3 Å². The van der Waals surface area contributed by atoms with Crippen molar-refractivity contribution < 1.29 is 17.9 Å². The first-order valence-electron chi connectivity index (χ1n) is 13.5. The molecule has 1 aliphatic heterocycles. The van der Waals surface area contributed by atoms with Crippen molar-refractivity contribution in [2.24, 2.45) is 5.14 Å². The van der Waals surface area contributed by atoms with Crippen LogP contribution in [0.4, 0.5) is 4.79 Å². The van der Waals surface area contributed by atoms with Crippen LogP contribution in [0.15, 0.2) is 96.4 Å². The van der Waals surface area contributed by atoms with Gasteiger partial charge in [-0.15, -0.1) is 0 Å². The Bertz CT molecular complexity index is 1770. The molecule has 2 aromatic heterocycles. The summed E-state index contributed by atoms with van der Waals surface area (Å²) in [4.78, 5) is 17.3. The van der Waals surface area contributed by atoms with Gasteiger partial charge in [-0.25, -0.2) is 27.9 Å². The predicted octanol–water partition coefficient (Wildman–Crippen LogP) is 4.35. The Labute approximate surface area is 245 Å². The van der Waals surface area contributed by atoms with E-state index in [1.165, 1.54) is 6.08 Å². The number of ether oxygens (including phenoxy) is 1. The first kappa shape index (κ1) is 29.2. The number of nitrogens with one attached hydrogen (secondary N) is 2. The Kier molecular flexibility index (Phi) is 7.76. The van der Waals surface area contributed by atoms with E-state index in [0.717, 1.165) is 16.7 Å². The summed E-state index contributed by atoms with van der Waals surface area (Å²) in [6, 6.07) is 7.97. The van der Waals surface area contributed by atoms with Gasteiger partial charge in [0.15, 0.2) is 5.65 Å². The maximum Gasteiger partial charge on any atom is 0.408 e. The lowest BCUT2D eigenvalue weighted by Crippen LogP contribution is -2.66. The van der Waals surface area contributed by atoms with E-state index in [4.69, 9.17) is 14.9 Å². The minimum absolute atomic E-state index is 0.0928. The predicted molar refractivity (Wildman–Crippen MR) is 164 cm³/mol. The molecule has 3 heterocycles. The second-order valence-electron chi connectivity index (χ2n) is 11.3. The van der Waals surface area contributed by atoms with Crippen LogP contribution in [-0.2, 0) is 20.3 Å². The van der Waals surface area contributed by atoms with E-state index in [0.29, 0.717) is 35.4 Å². The maximum absolute atomic E-state index is 12.5. The molecule has 3 aromatic rings. The quantitative estimate of drug-likeness (QED) is 0.404. The second kappa shape index (κ2) is 11.2. The molecule has 5 rings (SSSR count). The zero-order valence-corrected chi connectivity index (χ0v) is 24.6. The molecular weight excluding hydrogens is 552 g/mol. The molecule has 0 radical (unpaired) electrons.